The van der Waals surface area contributed by atoms with Gasteiger partial charge in [-0.3, -0.25) is 14.1 Å². The lowest BCUT2D eigenvalue weighted by Gasteiger charge is -2.23. The third kappa shape index (κ3) is 6.40. The van der Waals surface area contributed by atoms with Crippen LogP contribution in [0.4, 0.5) is 0 Å². The second kappa shape index (κ2) is 7.06. The topological polar surface area (TPSA) is 113 Å². The van der Waals surface area contributed by atoms with Crippen LogP contribution in [-0.4, -0.2) is 35.7 Å². The van der Waals surface area contributed by atoms with E-state index in [1.807, 2.05) is 0 Å². The average molecular weight is 332 g/mol. The van der Waals surface area contributed by atoms with E-state index in [2.05, 4.69) is 23.8 Å². The van der Waals surface area contributed by atoms with Crippen LogP contribution in [0.15, 0.2) is 24.3 Å². The van der Waals surface area contributed by atoms with E-state index in [9.17, 15) is 18.0 Å². The Kier molecular flexibility index (Phi) is 6.52. The normalized spacial score (nSPS) is 13.4. The summed E-state index contributed by atoms with van der Waals surface area (Å²) >= 11 is 0. The summed E-state index contributed by atoms with van der Waals surface area (Å²) in [5, 5.41) is 3.26. The molecule has 1 unspecified atom stereocenters. The second-order valence-electron chi connectivity index (χ2n) is 6.31. The Morgan fingerprint density at radius 3 is 1.77 bits per heavy atom. The van der Waals surface area contributed by atoms with Gasteiger partial charge >= 0.3 is 0 Å². The number of carbonyl (C=O) groups excluding carboxylic acids is 2. The maximum absolute atomic E-state index is 12.0. The molecule has 0 fully saturated rings. The first-order valence-corrected chi connectivity index (χ1v) is 8.15. The highest BCUT2D eigenvalue weighted by molar-refractivity contribution is 7.86. The first-order chi connectivity index (χ1) is 9.66. The summed E-state index contributed by atoms with van der Waals surface area (Å²) in [5.41, 5.74) is -0.965. The van der Waals surface area contributed by atoms with E-state index in [1.54, 1.807) is 20.8 Å². The van der Waals surface area contributed by atoms with Crippen LogP contribution in [0.25, 0.3) is 0 Å². The molecule has 0 heterocycles. The zero-order valence-electron chi connectivity index (χ0n) is 13.6. The number of amides is 2. The Bertz CT molecular complexity index is 585. The maximum atomic E-state index is 12.0. The lowest BCUT2D eigenvalue weighted by Crippen LogP contribution is -2.46. The van der Waals surface area contributed by atoms with Crippen LogP contribution in [0.1, 0.15) is 34.6 Å². The van der Waals surface area contributed by atoms with E-state index in [4.69, 9.17) is 4.55 Å². The molecular formula is C14H24N2O5S. The van der Waals surface area contributed by atoms with Gasteiger partial charge in [0.2, 0.25) is 0 Å². The highest BCUT2D eigenvalue weighted by atomic mass is 32.2. The fraction of sp³-hybridized carbons (Fsp3) is 0.571. The van der Waals surface area contributed by atoms with Crippen molar-refractivity contribution in [3.63, 3.8) is 0 Å². The molecule has 0 saturated heterocycles. The van der Waals surface area contributed by atoms with Crippen LogP contribution in [0.2, 0.25) is 0 Å². The van der Waals surface area contributed by atoms with Crippen molar-refractivity contribution in [1.29, 1.82) is 0 Å². The van der Waals surface area contributed by atoms with Crippen molar-refractivity contribution < 1.29 is 22.6 Å². The monoisotopic (exact) mass is 332 g/mol. The molecule has 0 aliphatic carbocycles. The molecule has 0 aliphatic heterocycles. The predicted octanol–water partition coefficient (Wildman–Crippen LogP) is 1.000. The summed E-state index contributed by atoms with van der Waals surface area (Å²) in [7, 11) is -4.47. The molecule has 1 atom stereocenters. The van der Waals surface area contributed by atoms with Crippen molar-refractivity contribution in [3.8, 4) is 0 Å². The van der Waals surface area contributed by atoms with Gasteiger partial charge in [-0.1, -0.05) is 27.0 Å². The molecule has 2 amide bonds. The van der Waals surface area contributed by atoms with Gasteiger partial charge in [-0.05, 0) is 26.7 Å². The van der Waals surface area contributed by atoms with Crippen LogP contribution in [0, 0.1) is 5.92 Å². The van der Waals surface area contributed by atoms with Crippen molar-refractivity contribution in [2.24, 2.45) is 5.92 Å². The fourth-order valence-electron chi connectivity index (χ4n) is 1.49. The number of rotatable bonds is 6. The number of hydrogen-bond acceptors (Lipinski definition) is 4. The molecular weight excluding hydrogens is 308 g/mol. The summed E-state index contributed by atoms with van der Waals surface area (Å²) in [6.07, 6.45) is 0. The van der Waals surface area contributed by atoms with Crippen molar-refractivity contribution in [2.45, 2.75) is 45.5 Å². The molecule has 7 nitrogen and oxygen atoms in total. The van der Waals surface area contributed by atoms with Crippen molar-refractivity contribution in [1.82, 2.24) is 10.6 Å². The molecule has 0 saturated carbocycles. The highest BCUT2D eigenvalue weighted by Gasteiger charge is 2.30. The minimum Gasteiger partial charge on any atom is -0.347 e. The van der Waals surface area contributed by atoms with Crippen LogP contribution < -0.4 is 10.6 Å². The Hall–Kier alpha value is -1.67. The van der Waals surface area contributed by atoms with Gasteiger partial charge in [0.25, 0.3) is 21.9 Å². The number of carbonyl (C=O) groups is 2. The Morgan fingerprint density at radius 2 is 1.45 bits per heavy atom. The molecule has 3 N–H and O–H groups in total. The number of hydrogen-bond donors (Lipinski definition) is 3. The molecule has 0 aromatic heterocycles. The lowest BCUT2D eigenvalue weighted by atomic mass is 10.0. The Labute approximate surface area is 131 Å². The van der Waals surface area contributed by atoms with Crippen LogP contribution in [0.3, 0.4) is 0 Å². The average Bonchev–Trinajstić information content (AvgIpc) is 2.29. The summed E-state index contributed by atoms with van der Waals surface area (Å²) in [6, 6.07) is 0. The molecule has 22 heavy (non-hydrogen) atoms. The molecule has 0 aromatic rings. The van der Waals surface area contributed by atoms with Gasteiger partial charge in [-0.25, -0.2) is 0 Å². The molecule has 8 heteroatoms. The quantitative estimate of drug-likeness (QED) is 0.381. The standard InChI is InChI=1S/C14H24N2O5S/c1-8(2)13(22(19,20)21)15-11(17)9(3)10(4)12(18)16-14(5,6)7/h8,13H,3-4H2,1-2,5-7H3,(H,15,17)(H,16,18)(H,19,20,21). The van der Waals surface area contributed by atoms with Gasteiger partial charge in [-0.2, -0.15) is 8.42 Å². The van der Waals surface area contributed by atoms with E-state index in [0.29, 0.717) is 0 Å². The largest absolute Gasteiger partial charge is 0.347 e. The van der Waals surface area contributed by atoms with Crippen LogP contribution >= 0.6 is 0 Å². The molecule has 0 aliphatic rings. The van der Waals surface area contributed by atoms with Gasteiger partial charge in [0.1, 0.15) is 0 Å². The SMILES string of the molecule is C=C(C(=C)C(=O)NC(C)(C)C)C(=O)NC(C(C)C)S(=O)(=O)O. The third-order valence-corrected chi connectivity index (χ3v) is 3.90. The lowest BCUT2D eigenvalue weighted by molar-refractivity contribution is -0.121. The van der Waals surface area contributed by atoms with Crippen LogP contribution in [-0.2, 0) is 19.7 Å². The maximum Gasteiger partial charge on any atom is 0.286 e. The predicted molar refractivity (Wildman–Crippen MR) is 84.5 cm³/mol. The van der Waals surface area contributed by atoms with Gasteiger partial charge in [0.15, 0.2) is 5.37 Å². The first-order valence-electron chi connectivity index (χ1n) is 6.64. The fourth-order valence-corrected chi connectivity index (χ4v) is 2.44. The summed E-state index contributed by atoms with van der Waals surface area (Å²) in [4.78, 5) is 23.9. The number of nitrogens with one attached hydrogen (secondary N) is 2. The summed E-state index contributed by atoms with van der Waals surface area (Å²) in [5.74, 6) is -2.03. The summed E-state index contributed by atoms with van der Waals surface area (Å²) in [6.45, 7) is 15.2. The first kappa shape index (κ1) is 20.3. The van der Waals surface area contributed by atoms with E-state index in [-0.39, 0.29) is 11.1 Å². The van der Waals surface area contributed by atoms with E-state index >= 15 is 0 Å². The molecule has 0 radical (unpaired) electrons. The Balaban J connectivity index is 5.05. The van der Waals surface area contributed by atoms with Crippen LogP contribution in [0.5, 0.6) is 0 Å². The van der Waals surface area contributed by atoms with E-state index in [0.717, 1.165) is 0 Å². The minimum atomic E-state index is -4.47. The smallest absolute Gasteiger partial charge is 0.286 e. The van der Waals surface area contributed by atoms with Gasteiger partial charge < -0.3 is 10.6 Å². The third-order valence-electron chi connectivity index (χ3n) is 2.60. The van der Waals surface area contributed by atoms with E-state index in [1.165, 1.54) is 13.8 Å². The molecule has 126 valence electrons. The van der Waals surface area contributed by atoms with Gasteiger partial charge in [0, 0.05) is 16.7 Å². The zero-order valence-corrected chi connectivity index (χ0v) is 14.4. The highest BCUT2D eigenvalue weighted by Crippen LogP contribution is 2.12. The van der Waals surface area contributed by atoms with Crippen molar-refractivity contribution in [2.75, 3.05) is 0 Å². The zero-order chi connectivity index (χ0) is 17.9. The molecule has 0 bridgehead atoms. The van der Waals surface area contributed by atoms with Crippen molar-refractivity contribution >= 4 is 21.9 Å². The molecule has 0 aromatic carbocycles. The molecule has 0 spiro atoms. The minimum absolute atomic E-state index is 0.176. The van der Waals surface area contributed by atoms with E-state index < -0.39 is 38.8 Å². The Morgan fingerprint density at radius 1 is 1.05 bits per heavy atom. The second-order valence-corrected chi connectivity index (χ2v) is 7.85. The summed E-state index contributed by atoms with van der Waals surface area (Å²) < 4.78 is 31.6. The molecule has 0 rings (SSSR count). The van der Waals surface area contributed by atoms with Crippen molar-refractivity contribution in [3.05, 3.63) is 24.3 Å². The van der Waals surface area contributed by atoms with Gasteiger partial charge in [-0.15, -0.1) is 0 Å². The van der Waals surface area contributed by atoms with Gasteiger partial charge in [0.05, 0.1) is 0 Å².